The summed E-state index contributed by atoms with van der Waals surface area (Å²) in [6, 6.07) is 7.42. The van der Waals surface area contributed by atoms with Crippen molar-refractivity contribution in [3.05, 3.63) is 47.9 Å². The van der Waals surface area contributed by atoms with Crippen LogP contribution in [0.3, 0.4) is 0 Å². The monoisotopic (exact) mass is 379 g/mol. The Hall–Kier alpha value is -3.10. The molecule has 0 spiro atoms. The van der Waals surface area contributed by atoms with Gasteiger partial charge in [0.25, 0.3) is 5.91 Å². The van der Waals surface area contributed by atoms with Crippen molar-refractivity contribution in [1.82, 2.24) is 9.80 Å². The third-order valence-electron chi connectivity index (χ3n) is 4.27. The number of halogens is 2. The van der Waals surface area contributed by atoms with Crippen LogP contribution in [0.15, 0.2) is 41.0 Å². The number of nitrogens with zero attached hydrogens (tertiary/aromatic N) is 2. The van der Waals surface area contributed by atoms with Gasteiger partial charge in [0.1, 0.15) is 5.75 Å². The lowest BCUT2D eigenvalue weighted by molar-refractivity contribution is -0.0493. The van der Waals surface area contributed by atoms with E-state index in [1.807, 2.05) is 0 Å². The average molecular weight is 379 g/mol. The molecular formula is C18H19F2N3O4. The highest BCUT2D eigenvalue weighted by atomic mass is 19.3. The Labute approximate surface area is 154 Å². The number of benzene rings is 1. The standard InChI is InChI=1S/C18H19F2N3O4/c1-12-4-2-5-13(27-17(19)20)15(12)21-18(25)23-9-7-22(8-10-23)16(24)14-6-3-11-26-14/h2-6,11,17H,7-10H2,1H3,(H,21,25). The Morgan fingerprint density at radius 2 is 1.81 bits per heavy atom. The van der Waals surface area contributed by atoms with Gasteiger partial charge in [-0.05, 0) is 30.7 Å². The topological polar surface area (TPSA) is 75.0 Å². The maximum atomic E-state index is 12.6. The van der Waals surface area contributed by atoms with Gasteiger partial charge in [-0.2, -0.15) is 8.78 Å². The number of amides is 3. The van der Waals surface area contributed by atoms with Gasteiger partial charge in [-0.15, -0.1) is 0 Å². The minimum Gasteiger partial charge on any atom is -0.459 e. The zero-order chi connectivity index (χ0) is 19.4. The first-order valence-corrected chi connectivity index (χ1v) is 8.39. The lowest BCUT2D eigenvalue weighted by Crippen LogP contribution is -2.51. The number of ether oxygens (including phenoxy) is 1. The van der Waals surface area contributed by atoms with Crippen molar-refractivity contribution in [2.45, 2.75) is 13.5 Å². The van der Waals surface area contributed by atoms with E-state index in [1.54, 1.807) is 36.1 Å². The number of piperazine rings is 1. The number of alkyl halides is 2. The van der Waals surface area contributed by atoms with Crippen molar-refractivity contribution in [3.8, 4) is 5.75 Å². The molecule has 0 bridgehead atoms. The molecular weight excluding hydrogens is 360 g/mol. The van der Waals surface area contributed by atoms with E-state index in [4.69, 9.17) is 4.42 Å². The zero-order valence-corrected chi connectivity index (χ0v) is 14.7. The Morgan fingerprint density at radius 3 is 2.44 bits per heavy atom. The summed E-state index contributed by atoms with van der Waals surface area (Å²) in [4.78, 5) is 27.9. The maximum Gasteiger partial charge on any atom is 0.387 e. The van der Waals surface area contributed by atoms with Crippen LogP contribution in [0.25, 0.3) is 0 Å². The number of urea groups is 1. The molecule has 1 aromatic carbocycles. The van der Waals surface area contributed by atoms with Crippen LogP contribution < -0.4 is 10.1 Å². The molecule has 0 saturated carbocycles. The van der Waals surface area contributed by atoms with E-state index in [9.17, 15) is 18.4 Å². The van der Waals surface area contributed by atoms with Gasteiger partial charge in [-0.25, -0.2) is 4.79 Å². The molecule has 27 heavy (non-hydrogen) atoms. The second-order valence-electron chi connectivity index (χ2n) is 6.01. The van der Waals surface area contributed by atoms with E-state index in [2.05, 4.69) is 10.1 Å². The van der Waals surface area contributed by atoms with Crippen molar-refractivity contribution in [2.24, 2.45) is 0 Å². The number of para-hydroxylation sites is 1. The molecule has 0 unspecified atom stereocenters. The first kappa shape index (κ1) is 18.7. The Bertz CT molecular complexity index is 803. The van der Waals surface area contributed by atoms with Crippen molar-refractivity contribution >= 4 is 17.6 Å². The van der Waals surface area contributed by atoms with E-state index in [-0.39, 0.29) is 23.1 Å². The van der Waals surface area contributed by atoms with Crippen LogP contribution in [0.2, 0.25) is 0 Å². The molecule has 2 aromatic rings. The number of carbonyl (C=O) groups is 2. The predicted molar refractivity (Wildman–Crippen MR) is 93.0 cm³/mol. The molecule has 0 atom stereocenters. The third-order valence-corrected chi connectivity index (χ3v) is 4.27. The number of nitrogens with one attached hydrogen (secondary N) is 1. The van der Waals surface area contributed by atoms with Crippen LogP contribution in [-0.4, -0.2) is 54.5 Å². The maximum absolute atomic E-state index is 12.6. The fraction of sp³-hybridized carbons (Fsp3) is 0.333. The highest BCUT2D eigenvalue weighted by Gasteiger charge is 2.26. The second-order valence-corrected chi connectivity index (χ2v) is 6.01. The number of furan rings is 1. The van der Waals surface area contributed by atoms with Gasteiger partial charge in [0.2, 0.25) is 0 Å². The molecule has 144 valence electrons. The van der Waals surface area contributed by atoms with E-state index >= 15 is 0 Å². The van der Waals surface area contributed by atoms with Crippen LogP contribution in [0.1, 0.15) is 16.1 Å². The summed E-state index contributed by atoms with van der Waals surface area (Å²) in [5.74, 6) is -0.0711. The lowest BCUT2D eigenvalue weighted by Gasteiger charge is -2.34. The SMILES string of the molecule is Cc1cccc(OC(F)F)c1NC(=O)N1CCN(C(=O)c2ccco2)CC1. The number of rotatable bonds is 4. The number of anilines is 1. The zero-order valence-electron chi connectivity index (χ0n) is 14.7. The first-order valence-electron chi connectivity index (χ1n) is 8.39. The van der Waals surface area contributed by atoms with Crippen LogP contribution in [0.5, 0.6) is 5.75 Å². The van der Waals surface area contributed by atoms with Crippen LogP contribution in [0, 0.1) is 6.92 Å². The summed E-state index contributed by atoms with van der Waals surface area (Å²) in [7, 11) is 0. The third kappa shape index (κ3) is 4.36. The lowest BCUT2D eigenvalue weighted by atomic mass is 10.2. The number of hydrogen-bond acceptors (Lipinski definition) is 4. The smallest absolute Gasteiger partial charge is 0.387 e. The second kappa shape index (κ2) is 8.07. The summed E-state index contributed by atoms with van der Waals surface area (Å²) in [6.45, 7) is 0.0270. The van der Waals surface area contributed by atoms with E-state index in [0.29, 0.717) is 31.7 Å². The Morgan fingerprint density at radius 1 is 1.11 bits per heavy atom. The molecule has 1 fully saturated rings. The molecule has 1 saturated heterocycles. The van der Waals surface area contributed by atoms with Crippen molar-refractivity contribution in [3.63, 3.8) is 0 Å². The largest absolute Gasteiger partial charge is 0.459 e. The molecule has 1 aliphatic rings. The van der Waals surface area contributed by atoms with Crippen LogP contribution in [0.4, 0.5) is 19.3 Å². The van der Waals surface area contributed by atoms with E-state index < -0.39 is 12.6 Å². The van der Waals surface area contributed by atoms with Gasteiger partial charge >= 0.3 is 12.6 Å². The average Bonchev–Trinajstić information content (AvgIpc) is 3.18. The fourth-order valence-corrected chi connectivity index (χ4v) is 2.85. The van der Waals surface area contributed by atoms with Crippen LogP contribution in [-0.2, 0) is 0 Å². The van der Waals surface area contributed by atoms with Crippen molar-refractivity contribution in [1.29, 1.82) is 0 Å². The molecule has 1 N–H and O–H groups in total. The summed E-state index contributed by atoms with van der Waals surface area (Å²) >= 11 is 0. The summed E-state index contributed by atoms with van der Waals surface area (Å²) in [6.07, 6.45) is 1.43. The summed E-state index contributed by atoms with van der Waals surface area (Å²) < 4.78 is 34.7. The molecule has 2 heterocycles. The first-order chi connectivity index (χ1) is 13.0. The summed E-state index contributed by atoms with van der Waals surface area (Å²) in [5.41, 5.74) is 0.810. The van der Waals surface area contributed by atoms with Gasteiger partial charge < -0.3 is 24.3 Å². The van der Waals surface area contributed by atoms with Crippen molar-refractivity contribution in [2.75, 3.05) is 31.5 Å². The minimum atomic E-state index is -2.99. The van der Waals surface area contributed by atoms with Gasteiger partial charge in [-0.3, -0.25) is 4.79 Å². The minimum absolute atomic E-state index is 0.0926. The summed E-state index contributed by atoms with van der Waals surface area (Å²) in [5, 5.41) is 2.63. The fourth-order valence-electron chi connectivity index (χ4n) is 2.85. The molecule has 0 aliphatic carbocycles. The molecule has 1 aliphatic heterocycles. The van der Waals surface area contributed by atoms with Gasteiger partial charge in [-0.1, -0.05) is 12.1 Å². The molecule has 1 aromatic heterocycles. The predicted octanol–water partition coefficient (Wildman–Crippen LogP) is 3.18. The highest BCUT2D eigenvalue weighted by Crippen LogP contribution is 2.29. The quantitative estimate of drug-likeness (QED) is 0.885. The van der Waals surface area contributed by atoms with E-state index in [0.717, 1.165) is 0 Å². The van der Waals surface area contributed by atoms with E-state index in [1.165, 1.54) is 17.2 Å². The van der Waals surface area contributed by atoms with Gasteiger partial charge in [0.15, 0.2) is 5.76 Å². The number of aryl methyl sites for hydroxylation is 1. The van der Waals surface area contributed by atoms with Gasteiger partial charge in [0.05, 0.1) is 12.0 Å². The molecule has 7 nitrogen and oxygen atoms in total. The number of carbonyl (C=O) groups excluding carboxylic acids is 2. The molecule has 3 rings (SSSR count). The molecule has 3 amide bonds. The number of hydrogen-bond donors (Lipinski definition) is 1. The Balaban J connectivity index is 1.61. The molecule has 9 heteroatoms. The van der Waals surface area contributed by atoms with Gasteiger partial charge in [0, 0.05) is 26.2 Å². The highest BCUT2D eigenvalue weighted by molar-refractivity contribution is 5.93. The van der Waals surface area contributed by atoms with Crippen molar-refractivity contribution < 1.29 is 27.5 Å². The molecule has 0 radical (unpaired) electrons. The Kier molecular flexibility index (Phi) is 5.58. The van der Waals surface area contributed by atoms with Crippen LogP contribution >= 0.6 is 0 Å². The normalized spacial score (nSPS) is 14.4.